The fourth-order valence-corrected chi connectivity index (χ4v) is 3.62. The van der Waals surface area contributed by atoms with E-state index < -0.39 is 11.6 Å². The maximum Gasteiger partial charge on any atom is 0.255 e. The zero-order valence-corrected chi connectivity index (χ0v) is 14.8. The summed E-state index contributed by atoms with van der Waals surface area (Å²) in [6.45, 7) is 4.41. The van der Waals surface area contributed by atoms with Gasteiger partial charge in [0.15, 0.2) is 11.6 Å². The van der Waals surface area contributed by atoms with Gasteiger partial charge < -0.3 is 5.32 Å². The van der Waals surface area contributed by atoms with Gasteiger partial charge in [-0.15, -0.1) is 0 Å². The van der Waals surface area contributed by atoms with Crippen molar-refractivity contribution in [1.29, 1.82) is 0 Å². The Bertz CT molecular complexity index is 818. The molecule has 1 aromatic heterocycles. The first-order chi connectivity index (χ1) is 11.8. The van der Waals surface area contributed by atoms with Gasteiger partial charge in [0.25, 0.3) is 5.91 Å². The van der Waals surface area contributed by atoms with Gasteiger partial charge in [0.1, 0.15) is 0 Å². The fourth-order valence-electron chi connectivity index (χ4n) is 3.62. The number of hydrogen-bond acceptors (Lipinski definition) is 3. The van der Waals surface area contributed by atoms with E-state index in [0.717, 1.165) is 24.7 Å². The predicted molar refractivity (Wildman–Crippen MR) is 90.3 cm³/mol. The number of amides is 1. The van der Waals surface area contributed by atoms with E-state index in [4.69, 9.17) is 0 Å². The highest BCUT2D eigenvalue weighted by Gasteiger charge is 2.35. The van der Waals surface area contributed by atoms with Crippen LogP contribution in [0.15, 0.2) is 18.2 Å². The van der Waals surface area contributed by atoms with Gasteiger partial charge in [-0.25, -0.2) is 8.78 Å². The third-order valence-electron chi connectivity index (χ3n) is 4.99. The molecule has 2 aromatic rings. The van der Waals surface area contributed by atoms with Crippen LogP contribution in [0.5, 0.6) is 0 Å². The molecular formula is C18H22F2N4O. The lowest BCUT2D eigenvalue weighted by atomic mass is 9.99. The van der Waals surface area contributed by atoms with Crippen LogP contribution in [-0.4, -0.2) is 40.2 Å². The molecule has 2 atom stereocenters. The Labute approximate surface area is 145 Å². The minimum Gasteiger partial charge on any atom is -0.347 e. The quantitative estimate of drug-likeness (QED) is 0.927. The van der Waals surface area contributed by atoms with E-state index in [1.54, 1.807) is 24.7 Å². The van der Waals surface area contributed by atoms with Gasteiger partial charge in [0.2, 0.25) is 0 Å². The molecule has 134 valence electrons. The van der Waals surface area contributed by atoms with Crippen molar-refractivity contribution in [3.05, 3.63) is 52.3 Å². The number of likely N-dealkylation sites (tertiary alicyclic amines) is 1. The average Bonchev–Trinajstić information content (AvgIpc) is 3.02. The molecule has 0 aliphatic carbocycles. The first-order valence-electron chi connectivity index (χ1n) is 8.26. The summed E-state index contributed by atoms with van der Waals surface area (Å²) < 4.78 is 28.5. The van der Waals surface area contributed by atoms with E-state index in [9.17, 15) is 13.6 Å². The number of benzene rings is 1. The van der Waals surface area contributed by atoms with Crippen molar-refractivity contribution in [2.75, 3.05) is 13.6 Å². The molecule has 1 aliphatic heterocycles. The van der Waals surface area contributed by atoms with E-state index in [2.05, 4.69) is 10.4 Å². The van der Waals surface area contributed by atoms with Crippen LogP contribution in [0.3, 0.4) is 0 Å². The Morgan fingerprint density at radius 1 is 1.24 bits per heavy atom. The standard InChI is InChI=1S/C18H22F2N4O/c1-10-16(11(2)24(4)22-10)18(25)21-15-7-8-23(3)17(15)12-5-6-13(19)14(20)9-12/h5-6,9,15,17H,7-8H2,1-4H3,(H,21,25)/t15-,17+/m0/s1. The molecule has 2 heterocycles. The molecule has 0 spiro atoms. The van der Waals surface area contributed by atoms with Gasteiger partial charge in [0, 0.05) is 19.3 Å². The summed E-state index contributed by atoms with van der Waals surface area (Å²) in [6.07, 6.45) is 0.740. The van der Waals surface area contributed by atoms with Crippen molar-refractivity contribution in [2.24, 2.45) is 7.05 Å². The van der Waals surface area contributed by atoms with Crippen molar-refractivity contribution < 1.29 is 13.6 Å². The summed E-state index contributed by atoms with van der Waals surface area (Å²) in [5.74, 6) is -1.93. The molecule has 1 aromatic carbocycles. The second kappa shape index (κ2) is 6.55. The normalized spacial score (nSPS) is 20.9. The number of likely N-dealkylation sites (N-methyl/N-ethyl adjacent to an activating group) is 1. The van der Waals surface area contributed by atoms with E-state index >= 15 is 0 Å². The molecule has 1 fully saturated rings. The Hall–Kier alpha value is -2.28. The smallest absolute Gasteiger partial charge is 0.255 e. The second-order valence-electron chi connectivity index (χ2n) is 6.64. The van der Waals surface area contributed by atoms with Crippen molar-refractivity contribution in [3.63, 3.8) is 0 Å². The maximum absolute atomic E-state index is 13.6. The van der Waals surface area contributed by atoms with Gasteiger partial charge in [-0.1, -0.05) is 6.07 Å². The van der Waals surface area contributed by atoms with Crippen LogP contribution in [0.25, 0.3) is 0 Å². The molecular weight excluding hydrogens is 326 g/mol. The Morgan fingerprint density at radius 2 is 1.96 bits per heavy atom. The molecule has 5 nitrogen and oxygen atoms in total. The number of nitrogens with zero attached hydrogens (tertiary/aromatic N) is 3. The van der Waals surface area contributed by atoms with Crippen LogP contribution in [0.4, 0.5) is 8.78 Å². The molecule has 0 bridgehead atoms. The van der Waals surface area contributed by atoms with Crippen molar-refractivity contribution in [3.8, 4) is 0 Å². The monoisotopic (exact) mass is 348 g/mol. The molecule has 1 N–H and O–H groups in total. The van der Waals surface area contributed by atoms with Crippen molar-refractivity contribution in [2.45, 2.75) is 32.4 Å². The van der Waals surface area contributed by atoms with Crippen LogP contribution < -0.4 is 5.32 Å². The first kappa shape index (κ1) is 17.5. The summed E-state index contributed by atoms with van der Waals surface area (Å²) in [5, 5.41) is 7.33. The number of carbonyl (C=O) groups is 1. The summed E-state index contributed by atoms with van der Waals surface area (Å²) in [4.78, 5) is 14.8. The minimum absolute atomic E-state index is 0.179. The number of hydrogen-bond donors (Lipinski definition) is 1. The van der Waals surface area contributed by atoms with Crippen LogP contribution in [0.2, 0.25) is 0 Å². The topological polar surface area (TPSA) is 50.2 Å². The van der Waals surface area contributed by atoms with E-state index in [1.165, 1.54) is 6.07 Å². The zero-order chi connectivity index (χ0) is 18.3. The highest BCUT2D eigenvalue weighted by molar-refractivity contribution is 5.96. The average molecular weight is 348 g/mol. The first-order valence-corrected chi connectivity index (χ1v) is 8.26. The summed E-state index contributed by atoms with van der Waals surface area (Å²) >= 11 is 0. The molecule has 1 aliphatic rings. The second-order valence-corrected chi connectivity index (χ2v) is 6.64. The lowest BCUT2D eigenvalue weighted by Gasteiger charge is -2.26. The predicted octanol–water partition coefficient (Wildman–Crippen LogP) is 2.49. The zero-order valence-electron chi connectivity index (χ0n) is 14.8. The fraction of sp³-hybridized carbons (Fsp3) is 0.444. The van der Waals surface area contributed by atoms with E-state index in [1.807, 2.05) is 18.9 Å². The van der Waals surface area contributed by atoms with E-state index in [0.29, 0.717) is 16.8 Å². The SMILES string of the molecule is Cc1nn(C)c(C)c1C(=O)N[C@H]1CCN(C)[C@@H]1c1ccc(F)c(F)c1. The highest BCUT2D eigenvalue weighted by Crippen LogP contribution is 2.32. The Kier molecular flexibility index (Phi) is 4.60. The number of carbonyl (C=O) groups excluding carboxylic acids is 1. The number of halogens is 2. The maximum atomic E-state index is 13.6. The van der Waals surface area contributed by atoms with Crippen molar-refractivity contribution in [1.82, 2.24) is 20.0 Å². The number of nitrogens with one attached hydrogen (secondary N) is 1. The molecule has 0 unspecified atom stereocenters. The van der Waals surface area contributed by atoms with Gasteiger partial charge in [-0.3, -0.25) is 14.4 Å². The minimum atomic E-state index is -0.873. The van der Waals surface area contributed by atoms with Crippen LogP contribution in [-0.2, 0) is 7.05 Å². The third kappa shape index (κ3) is 3.16. The van der Waals surface area contributed by atoms with Crippen LogP contribution in [0, 0.1) is 25.5 Å². The van der Waals surface area contributed by atoms with Crippen molar-refractivity contribution >= 4 is 5.91 Å². The molecule has 7 heteroatoms. The number of aromatic nitrogens is 2. The third-order valence-corrected chi connectivity index (χ3v) is 4.99. The van der Waals surface area contributed by atoms with Gasteiger partial charge in [0.05, 0.1) is 23.3 Å². The Balaban J connectivity index is 1.85. The van der Waals surface area contributed by atoms with Crippen LogP contribution in [0.1, 0.15) is 39.8 Å². The Morgan fingerprint density at radius 3 is 2.56 bits per heavy atom. The lowest BCUT2D eigenvalue weighted by molar-refractivity contribution is 0.0926. The molecule has 1 amide bonds. The van der Waals surface area contributed by atoms with Gasteiger partial charge in [-0.2, -0.15) is 5.10 Å². The summed E-state index contributed by atoms with van der Waals surface area (Å²) in [6, 6.07) is 3.54. The van der Waals surface area contributed by atoms with Gasteiger partial charge in [-0.05, 0) is 45.0 Å². The molecule has 0 saturated carbocycles. The molecule has 3 rings (SSSR count). The largest absolute Gasteiger partial charge is 0.347 e. The summed E-state index contributed by atoms with van der Waals surface area (Å²) in [5.41, 5.74) is 2.70. The number of aryl methyl sites for hydroxylation is 2. The molecule has 1 saturated heterocycles. The molecule has 25 heavy (non-hydrogen) atoms. The lowest BCUT2D eigenvalue weighted by Crippen LogP contribution is -2.39. The van der Waals surface area contributed by atoms with E-state index in [-0.39, 0.29) is 18.0 Å². The highest BCUT2D eigenvalue weighted by atomic mass is 19.2. The van der Waals surface area contributed by atoms with Gasteiger partial charge >= 0.3 is 0 Å². The summed E-state index contributed by atoms with van der Waals surface area (Å²) in [7, 11) is 3.71. The number of rotatable bonds is 3. The van der Waals surface area contributed by atoms with Crippen LogP contribution >= 0.6 is 0 Å². The molecule has 0 radical (unpaired) electrons.